The Morgan fingerprint density at radius 2 is 1.80 bits per heavy atom. The molecular weight excluding hydrogens is 469 g/mol. The van der Waals surface area contributed by atoms with Crippen LogP contribution in [0.2, 0.25) is 0 Å². The fraction of sp³-hybridized carbons (Fsp3) is 0.160. The standard InChI is InChI=1S/C25H22FN5O3S/c1-33-20-10-6-5-9-19(20)27-24(32)23-22(16-11-13-17(26)14-12-16)30-31-21(28-29-25(31)35-23)15-34-18-7-3-2-4-8-18/h2-14,22-23,30H,15H2,1H3,(H,27,32). The Balaban J connectivity index is 1.43. The van der Waals surface area contributed by atoms with Crippen molar-refractivity contribution in [2.24, 2.45) is 0 Å². The molecule has 5 rings (SSSR count). The zero-order valence-electron chi connectivity index (χ0n) is 18.7. The highest BCUT2D eigenvalue weighted by molar-refractivity contribution is 8.00. The number of thioether (sulfide) groups is 1. The number of benzene rings is 3. The van der Waals surface area contributed by atoms with Crippen molar-refractivity contribution in [2.45, 2.75) is 23.1 Å². The second-order valence-corrected chi connectivity index (χ2v) is 8.83. The number of methoxy groups -OCH3 is 1. The van der Waals surface area contributed by atoms with Crippen LogP contribution >= 0.6 is 11.8 Å². The molecule has 0 saturated carbocycles. The molecule has 8 nitrogen and oxygen atoms in total. The van der Waals surface area contributed by atoms with Crippen LogP contribution in [-0.2, 0) is 11.4 Å². The molecule has 0 saturated heterocycles. The van der Waals surface area contributed by atoms with Crippen LogP contribution in [0.25, 0.3) is 0 Å². The van der Waals surface area contributed by atoms with Gasteiger partial charge in [0.1, 0.15) is 29.2 Å². The molecule has 0 spiro atoms. The summed E-state index contributed by atoms with van der Waals surface area (Å²) in [7, 11) is 1.55. The van der Waals surface area contributed by atoms with E-state index in [1.807, 2.05) is 42.5 Å². The van der Waals surface area contributed by atoms with Gasteiger partial charge >= 0.3 is 0 Å². The Morgan fingerprint density at radius 3 is 2.57 bits per heavy atom. The third kappa shape index (κ3) is 4.92. The van der Waals surface area contributed by atoms with Crippen molar-refractivity contribution in [3.8, 4) is 11.5 Å². The first-order valence-corrected chi connectivity index (χ1v) is 11.7. The fourth-order valence-electron chi connectivity index (χ4n) is 3.73. The van der Waals surface area contributed by atoms with Gasteiger partial charge in [0.25, 0.3) is 0 Å². The molecule has 1 aromatic heterocycles. The molecule has 178 valence electrons. The summed E-state index contributed by atoms with van der Waals surface area (Å²) in [6, 6.07) is 22.2. The van der Waals surface area contributed by atoms with Crippen LogP contribution < -0.4 is 20.2 Å². The number of ether oxygens (including phenoxy) is 2. The van der Waals surface area contributed by atoms with Crippen molar-refractivity contribution in [3.63, 3.8) is 0 Å². The monoisotopic (exact) mass is 491 g/mol. The molecule has 10 heteroatoms. The average Bonchev–Trinajstić information content (AvgIpc) is 3.30. The summed E-state index contributed by atoms with van der Waals surface area (Å²) in [6.45, 7) is 0.179. The quantitative estimate of drug-likeness (QED) is 0.396. The number of anilines is 1. The molecule has 1 aliphatic rings. The molecule has 0 aliphatic carbocycles. The van der Waals surface area contributed by atoms with Gasteiger partial charge in [-0.05, 0) is 42.0 Å². The Bertz CT molecular complexity index is 1320. The number of nitrogens with one attached hydrogen (secondary N) is 2. The Labute approximate surface area is 205 Å². The van der Waals surface area contributed by atoms with E-state index in [2.05, 4.69) is 20.9 Å². The van der Waals surface area contributed by atoms with Crippen LogP contribution in [0, 0.1) is 5.82 Å². The highest BCUT2D eigenvalue weighted by Gasteiger charge is 2.38. The molecule has 0 radical (unpaired) electrons. The molecule has 2 heterocycles. The van der Waals surface area contributed by atoms with E-state index in [0.717, 1.165) is 5.56 Å². The number of halogens is 1. The smallest absolute Gasteiger partial charge is 0.240 e. The molecular formula is C25H22FN5O3S. The summed E-state index contributed by atoms with van der Waals surface area (Å²) in [5.74, 6) is 1.20. The van der Waals surface area contributed by atoms with Gasteiger partial charge in [-0.15, -0.1) is 10.2 Å². The first kappa shape index (κ1) is 22.7. The summed E-state index contributed by atoms with van der Waals surface area (Å²) in [4.78, 5) is 13.4. The third-order valence-corrected chi connectivity index (χ3v) is 6.68. The fourth-order valence-corrected chi connectivity index (χ4v) is 4.83. The Kier molecular flexibility index (Phi) is 6.53. The first-order valence-electron chi connectivity index (χ1n) is 10.9. The van der Waals surface area contributed by atoms with E-state index < -0.39 is 11.3 Å². The molecule has 0 bridgehead atoms. The number of para-hydroxylation sites is 3. The predicted molar refractivity (Wildman–Crippen MR) is 131 cm³/mol. The van der Waals surface area contributed by atoms with E-state index in [9.17, 15) is 9.18 Å². The number of aromatic nitrogens is 3. The lowest BCUT2D eigenvalue weighted by atomic mass is 10.0. The lowest BCUT2D eigenvalue weighted by Crippen LogP contribution is -2.41. The largest absolute Gasteiger partial charge is 0.495 e. The molecule has 3 aromatic carbocycles. The first-order chi connectivity index (χ1) is 17.1. The maximum atomic E-state index is 13.6. The second kappa shape index (κ2) is 10.1. The zero-order valence-corrected chi connectivity index (χ0v) is 19.5. The van der Waals surface area contributed by atoms with Gasteiger partial charge < -0.3 is 20.2 Å². The number of amides is 1. The van der Waals surface area contributed by atoms with Gasteiger partial charge in [0.15, 0.2) is 5.82 Å². The normalized spacial score (nSPS) is 16.6. The Morgan fingerprint density at radius 1 is 1.06 bits per heavy atom. The van der Waals surface area contributed by atoms with E-state index in [-0.39, 0.29) is 18.3 Å². The van der Waals surface area contributed by atoms with E-state index in [0.29, 0.717) is 28.2 Å². The van der Waals surface area contributed by atoms with Crippen molar-refractivity contribution in [2.75, 3.05) is 17.9 Å². The highest BCUT2D eigenvalue weighted by atomic mass is 32.2. The predicted octanol–water partition coefficient (Wildman–Crippen LogP) is 4.40. The summed E-state index contributed by atoms with van der Waals surface area (Å²) in [5.41, 5.74) is 4.64. The van der Waals surface area contributed by atoms with Crippen LogP contribution in [0.15, 0.2) is 84.0 Å². The lowest BCUT2D eigenvalue weighted by molar-refractivity contribution is -0.116. The van der Waals surface area contributed by atoms with Crippen LogP contribution in [0.4, 0.5) is 10.1 Å². The number of rotatable bonds is 7. The molecule has 2 N–H and O–H groups in total. The van der Waals surface area contributed by atoms with E-state index >= 15 is 0 Å². The summed E-state index contributed by atoms with van der Waals surface area (Å²) < 4.78 is 26.6. The van der Waals surface area contributed by atoms with E-state index in [1.165, 1.54) is 23.9 Å². The SMILES string of the molecule is COc1ccccc1NC(=O)C1Sc2nnc(COc3ccccc3)n2NC1c1ccc(F)cc1. The number of fused-ring (bicyclic) bond motifs is 1. The second-order valence-electron chi connectivity index (χ2n) is 7.72. The van der Waals surface area contributed by atoms with Gasteiger partial charge in [-0.25, -0.2) is 9.07 Å². The third-order valence-electron chi connectivity index (χ3n) is 5.47. The van der Waals surface area contributed by atoms with Gasteiger partial charge in [0.2, 0.25) is 11.1 Å². The molecule has 1 aliphatic heterocycles. The van der Waals surface area contributed by atoms with E-state index in [4.69, 9.17) is 9.47 Å². The van der Waals surface area contributed by atoms with Gasteiger partial charge in [0, 0.05) is 0 Å². The molecule has 4 aromatic rings. The van der Waals surface area contributed by atoms with Crippen LogP contribution in [0.1, 0.15) is 17.4 Å². The van der Waals surface area contributed by atoms with Gasteiger partial charge in [0.05, 0.1) is 18.8 Å². The van der Waals surface area contributed by atoms with Crippen LogP contribution in [0.3, 0.4) is 0 Å². The van der Waals surface area contributed by atoms with Crippen LogP contribution in [-0.4, -0.2) is 33.1 Å². The summed E-state index contributed by atoms with van der Waals surface area (Å²) in [5, 5.41) is 11.4. The molecule has 0 fully saturated rings. The lowest BCUT2D eigenvalue weighted by Gasteiger charge is -2.33. The minimum absolute atomic E-state index is 0.179. The summed E-state index contributed by atoms with van der Waals surface area (Å²) in [6.07, 6.45) is 0. The minimum Gasteiger partial charge on any atom is -0.495 e. The number of hydrogen-bond donors (Lipinski definition) is 2. The molecule has 35 heavy (non-hydrogen) atoms. The van der Waals surface area contributed by atoms with Gasteiger partial charge in [-0.2, -0.15) is 0 Å². The van der Waals surface area contributed by atoms with Gasteiger partial charge in [-0.1, -0.05) is 54.2 Å². The molecule has 2 unspecified atom stereocenters. The zero-order chi connectivity index (χ0) is 24.2. The number of nitrogens with zero attached hydrogens (tertiary/aromatic N) is 3. The maximum Gasteiger partial charge on any atom is 0.240 e. The minimum atomic E-state index is -0.620. The Hall–Kier alpha value is -4.05. The van der Waals surface area contributed by atoms with Crippen molar-refractivity contribution in [1.82, 2.24) is 14.9 Å². The maximum absolute atomic E-state index is 13.6. The van der Waals surface area contributed by atoms with Crippen molar-refractivity contribution in [3.05, 3.63) is 96.1 Å². The average molecular weight is 492 g/mol. The number of carbonyl (C=O) groups excluding carboxylic acids is 1. The van der Waals surface area contributed by atoms with Crippen molar-refractivity contribution < 1.29 is 18.7 Å². The van der Waals surface area contributed by atoms with Crippen molar-refractivity contribution in [1.29, 1.82) is 0 Å². The van der Waals surface area contributed by atoms with Gasteiger partial charge in [-0.3, -0.25) is 4.79 Å². The molecule has 1 amide bonds. The molecule has 2 atom stereocenters. The van der Waals surface area contributed by atoms with Crippen LogP contribution in [0.5, 0.6) is 11.5 Å². The number of hydrogen-bond acceptors (Lipinski definition) is 7. The van der Waals surface area contributed by atoms with Crippen molar-refractivity contribution >= 4 is 23.4 Å². The topological polar surface area (TPSA) is 90.3 Å². The van der Waals surface area contributed by atoms with E-state index in [1.54, 1.807) is 36.1 Å². The number of carbonyl (C=O) groups is 1. The summed E-state index contributed by atoms with van der Waals surface area (Å²) >= 11 is 1.27. The highest BCUT2D eigenvalue weighted by Crippen LogP contribution is 2.38.